The van der Waals surface area contributed by atoms with E-state index in [-0.39, 0.29) is 28.0 Å². The van der Waals surface area contributed by atoms with Gasteiger partial charge < -0.3 is 18.9 Å². The number of benzene rings is 1. The van der Waals surface area contributed by atoms with E-state index in [9.17, 15) is 14.9 Å². The molecule has 0 atom stereocenters. The van der Waals surface area contributed by atoms with Gasteiger partial charge in [0.15, 0.2) is 0 Å². The van der Waals surface area contributed by atoms with Crippen LogP contribution in [0.2, 0.25) is 0 Å². The molecule has 8 heteroatoms. The van der Waals surface area contributed by atoms with E-state index in [2.05, 4.69) is 11.0 Å². The summed E-state index contributed by atoms with van der Waals surface area (Å²) in [6.45, 7) is 12.4. The fourth-order valence-electron chi connectivity index (χ4n) is 5.59. The summed E-state index contributed by atoms with van der Waals surface area (Å²) in [7, 11) is 5.08. The second kappa shape index (κ2) is 10.5. The van der Waals surface area contributed by atoms with E-state index in [1.165, 1.54) is 0 Å². The maximum atomic E-state index is 13.4. The Morgan fingerprint density at radius 3 is 2.23 bits per heavy atom. The van der Waals surface area contributed by atoms with Crippen molar-refractivity contribution in [1.29, 1.82) is 5.26 Å². The molecule has 1 amide bonds. The van der Waals surface area contributed by atoms with Gasteiger partial charge in [0.25, 0.3) is 11.5 Å². The Bertz CT molecular complexity index is 1390. The molecule has 2 fully saturated rings. The third kappa shape index (κ3) is 5.60. The summed E-state index contributed by atoms with van der Waals surface area (Å²) in [5.74, 6) is 1.28. The van der Waals surface area contributed by atoms with Crippen LogP contribution in [-0.4, -0.2) is 59.7 Å². The number of methoxy groups -OCH3 is 2. The number of carbonyl (C=O) groups is 1. The molecule has 1 saturated heterocycles. The number of aryl methyl sites for hydroxylation is 1. The van der Waals surface area contributed by atoms with Crippen molar-refractivity contribution in [3.05, 3.63) is 57.0 Å². The molecule has 2 aromatic rings. The molecule has 0 bridgehead atoms. The fraction of sp³-hybridized carbons (Fsp3) is 0.516. The fourth-order valence-corrected chi connectivity index (χ4v) is 5.59. The zero-order valence-electron chi connectivity index (χ0n) is 24.5. The van der Waals surface area contributed by atoms with Crippen LogP contribution in [0.3, 0.4) is 0 Å². The third-order valence-electron chi connectivity index (χ3n) is 7.96. The Kier molecular flexibility index (Phi) is 7.68. The monoisotopic (exact) mass is 532 g/mol. The SMILES string of the molecule is COc1cc(-c2cn(C)c(=O)c(C)c2C)cc(OC)c1CN1CCN(C(=O)/C(C#N)=C/C(C)(C)C)C2(CC2)C1. The molecule has 2 aliphatic rings. The molecule has 1 saturated carbocycles. The smallest absolute Gasteiger partial charge is 0.264 e. The Morgan fingerprint density at radius 1 is 1.10 bits per heavy atom. The van der Waals surface area contributed by atoms with E-state index >= 15 is 0 Å². The van der Waals surface area contributed by atoms with Gasteiger partial charge in [-0.2, -0.15) is 5.26 Å². The van der Waals surface area contributed by atoms with Gasteiger partial charge in [-0.05, 0) is 55.4 Å². The number of rotatable bonds is 6. The number of nitriles is 1. The predicted molar refractivity (Wildman–Crippen MR) is 152 cm³/mol. The largest absolute Gasteiger partial charge is 0.496 e. The van der Waals surface area contributed by atoms with Gasteiger partial charge in [0.05, 0.1) is 25.3 Å². The van der Waals surface area contributed by atoms with Gasteiger partial charge in [0.2, 0.25) is 0 Å². The highest BCUT2D eigenvalue weighted by molar-refractivity contribution is 5.98. The Balaban J connectivity index is 1.61. The number of allylic oxidation sites excluding steroid dienone is 1. The van der Waals surface area contributed by atoms with Crippen molar-refractivity contribution in [1.82, 2.24) is 14.4 Å². The number of carbonyl (C=O) groups excluding carboxylic acids is 1. The van der Waals surface area contributed by atoms with E-state index < -0.39 is 0 Å². The zero-order chi connectivity index (χ0) is 28.7. The lowest BCUT2D eigenvalue weighted by Crippen LogP contribution is -2.57. The minimum atomic E-state index is -0.246. The molecule has 4 rings (SSSR count). The Labute approximate surface area is 231 Å². The summed E-state index contributed by atoms with van der Waals surface area (Å²) in [5, 5.41) is 9.69. The number of pyridine rings is 1. The zero-order valence-corrected chi connectivity index (χ0v) is 24.5. The molecular formula is C31H40N4O4. The summed E-state index contributed by atoms with van der Waals surface area (Å²) in [5.41, 5.74) is 4.23. The van der Waals surface area contributed by atoms with E-state index in [1.807, 2.05) is 57.8 Å². The van der Waals surface area contributed by atoms with Gasteiger partial charge >= 0.3 is 0 Å². The van der Waals surface area contributed by atoms with Crippen LogP contribution in [0.25, 0.3) is 11.1 Å². The first-order chi connectivity index (χ1) is 18.3. The van der Waals surface area contributed by atoms with E-state index in [0.29, 0.717) is 19.6 Å². The van der Waals surface area contributed by atoms with Gasteiger partial charge in [0.1, 0.15) is 23.1 Å². The molecule has 2 heterocycles. The van der Waals surface area contributed by atoms with Gasteiger partial charge in [-0.1, -0.05) is 26.8 Å². The first-order valence-corrected chi connectivity index (χ1v) is 13.4. The van der Waals surface area contributed by atoms with Crippen molar-refractivity contribution in [2.75, 3.05) is 33.9 Å². The number of aromatic nitrogens is 1. The molecular weight excluding hydrogens is 492 g/mol. The molecule has 1 aromatic carbocycles. The molecule has 39 heavy (non-hydrogen) atoms. The van der Waals surface area contributed by atoms with E-state index in [4.69, 9.17) is 9.47 Å². The van der Waals surface area contributed by atoms with Crippen LogP contribution in [0.15, 0.2) is 34.8 Å². The highest BCUT2D eigenvalue weighted by Gasteiger charge is 2.53. The van der Waals surface area contributed by atoms with Crippen molar-refractivity contribution in [3.8, 4) is 28.7 Å². The van der Waals surface area contributed by atoms with Crippen molar-refractivity contribution in [2.45, 2.75) is 59.5 Å². The first-order valence-electron chi connectivity index (χ1n) is 13.4. The molecule has 208 valence electrons. The molecule has 8 nitrogen and oxygen atoms in total. The summed E-state index contributed by atoms with van der Waals surface area (Å²) in [4.78, 5) is 30.0. The third-order valence-corrected chi connectivity index (χ3v) is 7.96. The van der Waals surface area contributed by atoms with Crippen LogP contribution in [0.1, 0.15) is 50.3 Å². The highest BCUT2D eigenvalue weighted by Crippen LogP contribution is 2.46. The molecule has 0 unspecified atom stereocenters. The number of hydrogen-bond donors (Lipinski definition) is 0. The molecule has 0 radical (unpaired) electrons. The summed E-state index contributed by atoms with van der Waals surface area (Å²) >= 11 is 0. The number of ether oxygens (including phenoxy) is 2. The van der Waals surface area contributed by atoms with E-state index in [1.54, 1.807) is 31.9 Å². The minimum absolute atomic E-state index is 0.00535. The molecule has 1 spiro atoms. The number of hydrogen-bond acceptors (Lipinski definition) is 6. The molecule has 1 aromatic heterocycles. The summed E-state index contributed by atoms with van der Waals surface area (Å²) in [6, 6.07) is 6.15. The number of nitrogens with zero attached hydrogens (tertiary/aromatic N) is 4. The highest BCUT2D eigenvalue weighted by atomic mass is 16.5. The van der Waals surface area contributed by atoms with Crippen LogP contribution < -0.4 is 15.0 Å². The summed E-state index contributed by atoms with van der Waals surface area (Å²) in [6.07, 6.45) is 5.50. The second-order valence-electron chi connectivity index (χ2n) is 12.0. The second-order valence-corrected chi connectivity index (χ2v) is 12.0. The van der Waals surface area contributed by atoms with Crippen LogP contribution in [-0.2, 0) is 18.4 Å². The lowest BCUT2D eigenvalue weighted by atomic mass is 9.93. The van der Waals surface area contributed by atoms with Crippen molar-refractivity contribution in [3.63, 3.8) is 0 Å². The van der Waals surface area contributed by atoms with Crippen molar-refractivity contribution >= 4 is 5.91 Å². The van der Waals surface area contributed by atoms with Gasteiger partial charge in [-0.3, -0.25) is 14.5 Å². The molecule has 1 aliphatic carbocycles. The van der Waals surface area contributed by atoms with Crippen LogP contribution in [0, 0.1) is 30.6 Å². The van der Waals surface area contributed by atoms with Crippen molar-refractivity contribution < 1.29 is 14.3 Å². The maximum absolute atomic E-state index is 13.4. The standard InChI is InChI=1S/C31H40N4O4/c1-20-21(2)28(36)33(6)17-24(20)22-13-26(38-7)25(27(14-22)39-8)18-34-11-12-35(31(19-34)9-10-31)29(37)23(16-32)15-30(3,4)5/h13-15,17H,9-12,18-19H2,1-8H3/b23-15+. The van der Waals surface area contributed by atoms with Crippen molar-refractivity contribution in [2.24, 2.45) is 12.5 Å². The van der Waals surface area contributed by atoms with Gasteiger partial charge in [-0.15, -0.1) is 0 Å². The van der Waals surface area contributed by atoms with Crippen LogP contribution in [0.5, 0.6) is 11.5 Å². The normalized spacial score (nSPS) is 17.2. The predicted octanol–water partition coefficient (Wildman–Crippen LogP) is 4.36. The minimum Gasteiger partial charge on any atom is -0.496 e. The number of amides is 1. The van der Waals surface area contributed by atoms with Crippen LogP contribution in [0.4, 0.5) is 0 Å². The summed E-state index contributed by atoms with van der Waals surface area (Å²) < 4.78 is 13.3. The average molecular weight is 533 g/mol. The Hall–Kier alpha value is -3.57. The Morgan fingerprint density at radius 2 is 1.72 bits per heavy atom. The lowest BCUT2D eigenvalue weighted by molar-refractivity contribution is -0.133. The lowest BCUT2D eigenvalue weighted by Gasteiger charge is -2.42. The quantitative estimate of drug-likeness (QED) is 0.406. The molecule has 0 N–H and O–H groups in total. The number of piperazine rings is 1. The molecule has 1 aliphatic heterocycles. The van der Waals surface area contributed by atoms with E-state index in [0.717, 1.165) is 58.7 Å². The maximum Gasteiger partial charge on any atom is 0.264 e. The van der Waals surface area contributed by atoms with Gasteiger partial charge in [-0.25, -0.2) is 0 Å². The first kappa shape index (κ1) is 28.4. The van der Waals surface area contributed by atoms with Gasteiger partial charge in [0, 0.05) is 50.6 Å². The topological polar surface area (TPSA) is 87.8 Å². The average Bonchev–Trinajstić information content (AvgIpc) is 3.66. The van der Waals surface area contributed by atoms with Crippen LogP contribution >= 0.6 is 0 Å².